The Morgan fingerprint density at radius 1 is 0.762 bits per heavy atom. The van der Waals surface area contributed by atoms with Crippen LogP contribution in [0.3, 0.4) is 0 Å². The van der Waals surface area contributed by atoms with Crippen molar-refractivity contribution in [3.05, 3.63) is 34.9 Å². The van der Waals surface area contributed by atoms with Gasteiger partial charge in [0.1, 0.15) is 19.8 Å². The molecule has 0 aliphatic rings. The van der Waals surface area contributed by atoms with Gasteiger partial charge in [0.05, 0.1) is 0 Å². The number of rotatable bonds is 6. The summed E-state index contributed by atoms with van der Waals surface area (Å²) >= 11 is 0. The van der Waals surface area contributed by atoms with Crippen LogP contribution in [0.15, 0.2) is 18.2 Å². The van der Waals surface area contributed by atoms with Crippen molar-refractivity contribution in [2.24, 2.45) is 0 Å². The first kappa shape index (κ1) is 16.7. The highest BCUT2D eigenvalue weighted by Gasteiger charge is 2.08. The van der Waals surface area contributed by atoms with E-state index in [0.29, 0.717) is 5.56 Å². The van der Waals surface area contributed by atoms with Gasteiger partial charge in [-0.25, -0.2) is 0 Å². The standard InChI is InChI=1S/C15H18O6/c1-10(16)19-7-13-4-5-14(8-20-11(2)17)15(6-13)9-21-12(3)18/h4-6H,7-9H2,1-3H3. The fourth-order valence-corrected chi connectivity index (χ4v) is 1.59. The molecule has 0 spiro atoms. The lowest BCUT2D eigenvalue weighted by molar-refractivity contribution is -0.144. The third-order valence-corrected chi connectivity index (χ3v) is 2.57. The summed E-state index contributed by atoms with van der Waals surface area (Å²) in [6, 6.07) is 5.27. The Morgan fingerprint density at radius 2 is 1.24 bits per heavy atom. The maximum atomic E-state index is 10.9. The largest absolute Gasteiger partial charge is 0.461 e. The first-order chi connectivity index (χ1) is 9.88. The van der Waals surface area contributed by atoms with E-state index in [1.54, 1.807) is 18.2 Å². The van der Waals surface area contributed by atoms with Crippen LogP contribution in [0.1, 0.15) is 37.5 Å². The number of carbonyl (C=O) groups is 3. The third-order valence-electron chi connectivity index (χ3n) is 2.57. The minimum absolute atomic E-state index is 0.0693. The van der Waals surface area contributed by atoms with Crippen LogP contribution in [0.4, 0.5) is 0 Å². The maximum Gasteiger partial charge on any atom is 0.302 e. The first-order valence-corrected chi connectivity index (χ1v) is 6.39. The molecule has 0 heterocycles. The van der Waals surface area contributed by atoms with E-state index in [9.17, 15) is 14.4 Å². The van der Waals surface area contributed by atoms with E-state index in [2.05, 4.69) is 0 Å². The minimum Gasteiger partial charge on any atom is -0.461 e. The van der Waals surface area contributed by atoms with Crippen molar-refractivity contribution in [2.75, 3.05) is 0 Å². The van der Waals surface area contributed by atoms with Crippen molar-refractivity contribution >= 4 is 17.9 Å². The van der Waals surface area contributed by atoms with Gasteiger partial charge >= 0.3 is 17.9 Å². The molecule has 1 rings (SSSR count). The molecule has 6 heteroatoms. The number of benzene rings is 1. The van der Waals surface area contributed by atoms with E-state index in [1.807, 2.05) is 0 Å². The molecule has 0 amide bonds. The molecule has 0 aliphatic heterocycles. The van der Waals surface area contributed by atoms with E-state index in [1.165, 1.54) is 20.8 Å². The van der Waals surface area contributed by atoms with Crippen molar-refractivity contribution < 1.29 is 28.6 Å². The Hall–Kier alpha value is -2.37. The highest BCUT2D eigenvalue weighted by Crippen LogP contribution is 2.16. The van der Waals surface area contributed by atoms with E-state index in [-0.39, 0.29) is 25.8 Å². The zero-order valence-electron chi connectivity index (χ0n) is 12.3. The van der Waals surface area contributed by atoms with Crippen LogP contribution in [-0.4, -0.2) is 17.9 Å². The fraction of sp³-hybridized carbons (Fsp3) is 0.400. The molecular formula is C15H18O6. The van der Waals surface area contributed by atoms with Gasteiger partial charge in [-0.3, -0.25) is 14.4 Å². The Kier molecular flexibility index (Phi) is 6.39. The fourth-order valence-electron chi connectivity index (χ4n) is 1.59. The van der Waals surface area contributed by atoms with Crippen LogP contribution in [0, 0.1) is 0 Å². The quantitative estimate of drug-likeness (QED) is 0.588. The molecule has 21 heavy (non-hydrogen) atoms. The number of hydrogen-bond acceptors (Lipinski definition) is 6. The Bertz CT molecular complexity index is 535. The molecule has 0 atom stereocenters. The Balaban J connectivity index is 2.86. The second-order valence-electron chi connectivity index (χ2n) is 4.44. The Labute approximate surface area is 123 Å². The molecule has 0 aliphatic carbocycles. The second kappa shape index (κ2) is 8.04. The summed E-state index contributed by atoms with van der Waals surface area (Å²) in [5, 5.41) is 0. The molecule has 1 aromatic rings. The highest BCUT2D eigenvalue weighted by atomic mass is 16.5. The predicted octanol–water partition coefficient (Wildman–Crippen LogP) is 1.88. The van der Waals surface area contributed by atoms with Crippen molar-refractivity contribution in [2.45, 2.75) is 40.6 Å². The molecule has 0 unspecified atom stereocenters. The SMILES string of the molecule is CC(=O)OCc1ccc(COC(C)=O)c(COC(C)=O)c1. The number of hydrogen-bond donors (Lipinski definition) is 0. The average molecular weight is 294 g/mol. The maximum absolute atomic E-state index is 10.9. The predicted molar refractivity (Wildman–Crippen MR) is 72.9 cm³/mol. The summed E-state index contributed by atoms with van der Waals surface area (Å²) in [5.74, 6) is -1.17. The van der Waals surface area contributed by atoms with Crippen molar-refractivity contribution in [1.82, 2.24) is 0 Å². The van der Waals surface area contributed by atoms with Gasteiger partial charge in [0, 0.05) is 20.8 Å². The molecule has 6 nitrogen and oxygen atoms in total. The summed E-state index contributed by atoms with van der Waals surface area (Å²) in [5.41, 5.74) is 2.20. The van der Waals surface area contributed by atoms with Gasteiger partial charge in [0.15, 0.2) is 0 Å². The number of ether oxygens (including phenoxy) is 3. The van der Waals surface area contributed by atoms with Gasteiger partial charge in [-0.15, -0.1) is 0 Å². The molecule has 0 bridgehead atoms. The number of carbonyl (C=O) groups excluding carboxylic acids is 3. The van der Waals surface area contributed by atoms with Gasteiger partial charge in [-0.2, -0.15) is 0 Å². The molecule has 0 saturated heterocycles. The Morgan fingerprint density at radius 3 is 1.76 bits per heavy atom. The van der Waals surface area contributed by atoms with E-state index < -0.39 is 11.9 Å². The average Bonchev–Trinajstić information content (AvgIpc) is 2.41. The van der Waals surface area contributed by atoms with Crippen LogP contribution < -0.4 is 0 Å². The summed E-state index contributed by atoms with van der Waals surface area (Å²) < 4.78 is 14.8. The van der Waals surface area contributed by atoms with Crippen molar-refractivity contribution in [1.29, 1.82) is 0 Å². The molecule has 114 valence electrons. The zero-order valence-corrected chi connectivity index (χ0v) is 12.3. The summed E-state index contributed by atoms with van der Waals surface area (Å²) in [4.78, 5) is 32.6. The van der Waals surface area contributed by atoms with Crippen molar-refractivity contribution in [3.63, 3.8) is 0 Å². The van der Waals surface area contributed by atoms with Crippen LogP contribution in [0.5, 0.6) is 0 Å². The lowest BCUT2D eigenvalue weighted by Crippen LogP contribution is -2.07. The lowest BCUT2D eigenvalue weighted by Gasteiger charge is -2.12. The summed E-state index contributed by atoms with van der Waals surface area (Å²) in [6.07, 6.45) is 0. The topological polar surface area (TPSA) is 78.9 Å². The van der Waals surface area contributed by atoms with Gasteiger partial charge < -0.3 is 14.2 Å². The van der Waals surface area contributed by atoms with E-state index in [0.717, 1.165) is 11.1 Å². The molecule has 0 aromatic heterocycles. The molecule has 0 radical (unpaired) electrons. The summed E-state index contributed by atoms with van der Waals surface area (Å²) in [6.45, 7) is 4.26. The summed E-state index contributed by atoms with van der Waals surface area (Å²) in [7, 11) is 0. The molecule has 0 saturated carbocycles. The normalized spacial score (nSPS) is 9.86. The molecule has 0 N–H and O–H groups in total. The monoisotopic (exact) mass is 294 g/mol. The van der Waals surface area contributed by atoms with Gasteiger partial charge in [-0.1, -0.05) is 12.1 Å². The van der Waals surface area contributed by atoms with Crippen LogP contribution >= 0.6 is 0 Å². The highest BCUT2D eigenvalue weighted by molar-refractivity contribution is 5.67. The third kappa shape index (κ3) is 6.56. The van der Waals surface area contributed by atoms with Crippen LogP contribution in [0.2, 0.25) is 0 Å². The molecule has 1 aromatic carbocycles. The second-order valence-corrected chi connectivity index (χ2v) is 4.44. The molecule has 0 fully saturated rings. The molecular weight excluding hydrogens is 276 g/mol. The van der Waals surface area contributed by atoms with Crippen LogP contribution in [-0.2, 0) is 48.4 Å². The first-order valence-electron chi connectivity index (χ1n) is 6.39. The van der Waals surface area contributed by atoms with Gasteiger partial charge in [-0.05, 0) is 22.8 Å². The van der Waals surface area contributed by atoms with E-state index in [4.69, 9.17) is 14.2 Å². The number of esters is 3. The van der Waals surface area contributed by atoms with Gasteiger partial charge in [0.25, 0.3) is 0 Å². The lowest BCUT2D eigenvalue weighted by atomic mass is 10.1. The van der Waals surface area contributed by atoms with Crippen molar-refractivity contribution in [3.8, 4) is 0 Å². The van der Waals surface area contributed by atoms with Gasteiger partial charge in [0.2, 0.25) is 0 Å². The zero-order chi connectivity index (χ0) is 15.8. The van der Waals surface area contributed by atoms with Crippen LogP contribution in [0.25, 0.3) is 0 Å². The smallest absolute Gasteiger partial charge is 0.302 e. The van der Waals surface area contributed by atoms with E-state index >= 15 is 0 Å². The minimum atomic E-state index is -0.404.